The first-order valence-corrected chi connectivity index (χ1v) is 8.97. The van der Waals surface area contributed by atoms with Crippen molar-refractivity contribution in [3.8, 4) is 5.75 Å². The van der Waals surface area contributed by atoms with Crippen LogP contribution in [0.15, 0.2) is 24.3 Å². The largest absolute Gasteiger partial charge is 0.492 e. The molecule has 0 saturated heterocycles. The molecule has 0 aliphatic rings. The van der Waals surface area contributed by atoms with Crippen LogP contribution in [0.25, 0.3) is 0 Å². The van der Waals surface area contributed by atoms with Crippen LogP contribution in [0, 0.1) is 13.8 Å². The Morgan fingerprint density at radius 1 is 1.15 bits per heavy atom. The van der Waals surface area contributed by atoms with E-state index in [2.05, 4.69) is 4.98 Å². The number of ether oxygens (including phenoxy) is 1. The molecule has 0 saturated carbocycles. The molecular weight excluding hydrogens is 328 g/mol. The summed E-state index contributed by atoms with van der Waals surface area (Å²) in [7, 11) is 1.89. The Labute approximate surface area is 155 Å². The second-order valence-electron chi connectivity index (χ2n) is 6.71. The summed E-state index contributed by atoms with van der Waals surface area (Å²) in [5.41, 5.74) is 3.99. The van der Waals surface area contributed by atoms with E-state index in [9.17, 15) is 9.59 Å². The van der Waals surface area contributed by atoms with Crippen molar-refractivity contribution in [1.29, 1.82) is 0 Å². The topological polar surface area (TPSA) is 62.4 Å². The van der Waals surface area contributed by atoms with Crippen molar-refractivity contribution < 1.29 is 14.3 Å². The molecule has 0 bridgehead atoms. The van der Waals surface area contributed by atoms with Gasteiger partial charge in [0.2, 0.25) is 0 Å². The second-order valence-corrected chi connectivity index (χ2v) is 6.71. The molecule has 26 heavy (non-hydrogen) atoms. The first-order chi connectivity index (χ1) is 12.3. The summed E-state index contributed by atoms with van der Waals surface area (Å²) in [6.07, 6.45) is 0.653. The zero-order chi connectivity index (χ0) is 19.3. The monoisotopic (exact) mass is 356 g/mol. The van der Waals surface area contributed by atoms with Crippen LogP contribution in [-0.2, 0) is 6.42 Å². The number of nitrogens with one attached hydrogen (secondary N) is 1. The predicted octanol–water partition coefficient (Wildman–Crippen LogP) is 3.59. The van der Waals surface area contributed by atoms with Gasteiger partial charge in [0.1, 0.15) is 12.4 Å². The molecule has 0 fully saturated rings. The lowest BCUT2D eigenvalue weighted by Crippen LogP contribution is -2.30. The molecule has 0 radical (unpaired) electrons. The summed E-state index contributed by atoms with van der Waals surface area (Å²) in [4.78, 5) is 29.6. The van der Waals surface area contributed by atoms with Crippen molar-refractivity contribution in [2.45, 2.75) is 34.1 Å². The number of H-pyrrole nitrogens is 1. The van der Waals surface area contributed by atoms with Gasteiger partial charge in [-0.1, -0.05) is 24.6 Å². The van der Waals surface area contributed by atoms with Crippen molar-refractivity contribution in [1.82, 2.24) is 9.88 Å². The lowest BCUT2D eigenvalue weighted by atomic mass is 10.0. The van der Waals surface area contributed by atoms with Gasteiger partial charge in [-0.3, -0.25) is 14.5 Å². The van der Waals surface area contributed by atoms with Gasteiger partial charge in [0.25, 0.3) is 0 Å². The van der Waals surface area contributed by atoms with Crippen LogP contribution in [0.3, 0.4) is 0 Å². The van der Waals surface area contributed by atoms with Crippen LogP contribution in [0.4, 0.5) is 0 Å². The molecule has 0 atom stereocenters. The summed E-state index contributed by atoms with van der Waals surface area (Å²) >= 11 is 0. The Balaban J connectivity index is 1.93. The third-order valence-corrected chi connectivity index (χ3v) is 4.45. The molecule has 5 heteroatoms. The molecule has 0 spiro atoms. The number of carbonyl (C=O) groups excluding carboxylic acids is 2. The molecule has 140 valence electrons. The summed E-state index contributed by atoms with van der Waals surface area (Å²) in [5, 5.41) is 0. The first-order valence-electron chi connectivity index (χ1n) is 8.97. The van der Waals surface area contributed by atoms with E-state index in [-0.39, 0.29) is 18.1 Å². The quantitative estimate of drug-likeness (QED) is 0.698. The predicted molar refractivity (Wildman–Crippen MR) is 103 cm³/mol. The van der Waals surface area contributed by atoms with Gasteiger partial charge in [0.15, 0.2) is 11.6 Å². The Morgan fingerprint density at radius 3 is 2.38 bits per heavy atom. The molecular formula is C21H28N2O3. The summed E-state index contributed by atoms with van der Waals surface area (Å²) in [6, 6.07) is 7.90. The molecule has 0 aliphatic heterocycles. The number of aryl methyl sites for hydroxylation is 2. The van der Waals surface area contributed by atoms with Crippen LogP contribution in [0.5, 0.6) is 5.75 Å². The Morgan fingerprint density at radius 2 is 1.81 bits per heavy atom. The average molecular weight is 356 g/mol. The molecule has 2 rings (SSSR count). The number of benzene rings is 1. The van der Waals surface area contributed by atoms with Gasteiger partial charge in [-0.2, -0.15) is 0 Å². The molecule has 1 heterocycles. The minimum atomic E-state index is -0.00509. The highest BCUT2D eigenvalue weighted by atomic mass is 16.5. The third-order valence-electron chi connectivity index (χ3n) is 4.45. The zero-order valence-corrected chi connectivity index (χ0v) is 16.3. The molecule has 0 amide bonds. The van der Waals surface area contributed by atoms with E-state index in [1.54, 1.807) is 0 Å². The maximum atomic E-state index is 12.7. The summed E-state index contributed by atoms with van der Waals surface area (Å²) < 4.78 is 5.71. The number of nitrogens with zero attached hydrogens (tertiary/aromatic N) is 1. The minimum Gasteiger partial charge on any atom is -0.492 e. The van der Waals surface area contributed by atoms with E-state index in [1.165, 1.54) is 12.5 Å². The number of likely N-dealkylation sites (N-methyl/N-ethyl adjacent to an activating group) is 1. The third kappa shape index (κ3) is 4.82. The maximum Gasteiger partial charge on any atom is 0.193 e. The highest BCUT2D eigenvalue weighted by Crippen LogP contribution is 2.21. The van der Waals surface area contributed by atoms with E-state index >= 15 is 0 Å². The van der Waals surface area contributed by atoms with E-state index in [0.29, 0.717) is 30.8 Å². The molecule has 0 aliphatic carbocycles. The first kappa shape index (κ1) is 19.9. The molecule has 2 aromatic rings. The van der Waals surface area contributed by atoms with E-state index < -0.39 is 0 Å². The molecule has 1 aromatic carbocycles. The molecule has 0 unspecified atom stereocenters. The number of ketones is 2. The fraction of sp³-hybridized carbons (Fsp3) is 0.429. The smallest absolute Gasteiger partial charge is 0.193 e. The van der Waals surface area contributed by atoms with Gasteiger partial charge in [0, 0.05) is 17.8 Å². The molecule has 1 N–H and O–H groups in total. The van der Waals surface area contributed by atoms with Gasteiger partial charge in [-0.05, 0) is 51.9 Å². The SMILES string of the molecule is CCc1c(C(=O)CN(C)CCOc2ccc(C)cc2)[nH]c(C)c1C(C)=O. The maximum absolute atomic E-state index is 12.7. The second kappa shape index (κ2) is 8.81. The molecule has 1 aromatic heterocycles. The van der Waals surface area contributed by atoms with Gasteiger partial charge < -0.3 is 9.72 Å². The van der Waals surface area contributed by atoms with Crippen LogP contribution in [-0.4, -0.2) is 48.2 Å². The van der Waals surface area contributed by atoms with E-state index in [1.807, 2.05) is 57.0 Å². The van der Waals surface area contributed by atoms with Crippen molar-refractivity contribution in [2.75, 3.05) is 26.7 Å². The van der Waals surface area contributed by atoms with Crippen LogP contribution in [0.1, 0.15) is 51.5 Å². The normalized spacial score (nSPS) is 11.0. The van der Waals surface area contributed by atoms with Gasteiger partial charge in [-0.15, -0.1) is 0 Å². The Kier molecular flexibility index (Phi) is 6.75. The average Bonchev–Trinajstić information content (AvgIpc) is 2.93. The number of aromatic nitrogens is 1. The zero-order valence-electron chi connectivity index (χ0n) is 16.3. The van der Waals surface area contributed by atoms with Gasteiger partial charge >= 0.3 is 0 Å². The van der Waals surface area contributed by atoms with Crippen LogP contribution < -0.4 is 4.74 Å². The Bertz CT molecular complexity index is 775. The lowest BCUT2D eigenvalue weighted by Gasteiger charge is -2.16. The fourth-order valence-corrected chi connectivity index (χ4v) is 3.10. The van der Waals surface area contributed by atoms with Crippen molar-refractivity contribution >= 4 is 11.6 Å². The number of Topliss-reactive ketones (excluding diaryl/α,β-unsaturated/α-hetero) is 2. The van der Waals surface area contributed by atoms with Gasteiger partial charge in [0.05, 0.1) is 12.2 Å². The number of carbonyl (C=O) groups is 2. The highest BCUT2D eigenvalue weighted by molar-refractivity contribution is 6.04. The van der Waals surface area contributed by atoms with Crippen molar-refractivity contribution in [2.24, 2.45) is 0 Å². The highest BCUT2D eigenvalue weighted by Gasteiger charge is 2.22. The number of hydrogen-bond acceptors (Lipinski definition) is 4. The van der Waals surface area contributed by atoms with Crippen molar-refractivity contribution in [3.05, 3.63) is 52.3 Å². The van der Waals surface area contributed by atoms with E-state index in [4.69, 9.17) is 4.74 Å². The van der Waals surface area contributed by atoms with Crippen LogP contribution in [0.2, 0.25) is 0 Å². The number of hydrogen-bond donors (Lipinski definition) is 1. The number of rotatable bonds is 9. The molecule has 5 nitrogen and oxygen atoms in total. The van der Waals surface area contributed by atoms with Gasteiger partial charge in [-0.25, -0.2) is 0 Å². The summed E-state index contributed by atoms with van der Waals surface area (Å²) in [5.74, 6) is 0.819. The standard InChI is InChI=1S/C21H28N2O3/c1-6-18-20(16(4)24)15(3)22-21(18)19(25)13-23(5)11-12-26-17-9-7-14(2)8-10-17/h7-10,22H,6,11-13H2,1-5H3. The van der Waals surface area contributed by atoms with E-state index in [0.717, 1.165) is 17.0 Å². The fourth-order valence-electron chi connectivity index (χ4n) is 3.10. The Hall–Kier alpha value is -2.40. The van der Waals surface area contributed by atoms with Crippen LogP contribution >= 0.6 is 0 Å². The lowest BCUT2D eigenvalue weighted by molar-refractivity contribution is 0.0932. The number of aromatic amines is 1. The minimum absolute atomic E-state index is 0.00436. The van der Waals surface area contributed by atoms with Crippen molar-refractivity contribution in [3.63, 3.8) is 0 Å². The summed E-state index contributed by atoms with van der Waals surface area (Å²) in [6.45, 7) is 8.81.